The van der Waals surface area contributed by atoms with E-state index in [2.05, 4.69) is 10.1 Å². The molecule has 0 spiro atoms. The molecular formula is C28H28F3N3O3. The van der Waals surface area contributed by atoms with E-state index in [1.807, 2.05) is 26.1 Å². The first-order valence-corrected chi connectivity index (χ1v) is 12.4. The van der Waals surface area contributed by atoms with E-state index in [0.717, 1.165) is 33.8 Å². The van der Waals surface area contributed by atoms with E-state index in [1.54, 1.807) is 17.7 Å². The number of esters is 1. The summed E-state index contributed by atoms with van der Waals surface area (Å²) >= 11 is 0. The van der Waals surface area contributed by atoms with E-state index in [-0.39, 0.29) is 36.6 Å². The summed E-state index contributed by atoms with van der Waals surface area (Å²) in [6.45, 7) is 5.56. The number of fused-ring (bicyclic) bond motifs is 1. The van der Waals surface area contributed by atoms with Crippen molar-refractivity contribution in [3.8, 4) is 16.8 Å². The molecule has 194 valence electrons. The first-order chi connectivity index (χ1) is 17.7. The van der Waals surface area contributed by atoms with Crippen molar-refractivity contribution in [2.24, 2.45) is 5.92 Å². The van der Waals surface area contributed by atoms with Gasteiger partial charge in [0.15, 0.2) is 0 Å². The van der Waals surface area contributed by atoms with Gasteiger partial charge in [-0.05, 0) is 75.8 Å². The number of aromatic nitrogens is 3. The number of benzene rings is 1. The Bertz CT molecular complexity index is 1440. The Morgan fingerprint density at radius 1 is 1.22 bits per heavy atom. The average molecular weight is 512 g/mol. The molecule has 0 atom stereocenters. The number of pyridine rings is 1. The van der Waals surface area contributed by atoms with Gasteiger partial charge in [-0.2, -0.15) is 0 Å². The Morgan fingerprint density at radius 3 is 2.62 bits per heavy atom. The van der Waals surface area contributed by atoms with E-state index in [0.29, 0.717) is 30.7 Å². The van der Waals surface area contributed by atoms with Crippen molar-refractivity contribution < 1.29 is 27.2 Å². The number of nitrogens with zero attached hydrogens (tertiary/aromatic N) is 3. The van der Waals surface area contributed by atoms with Crippen molar-refractivity contribution in [3.05, 3.63) is 65.1 Å². The largest absolute Gasteiger partial charge is 0.462 e. The highest BCUT2D eigenvalue weighted by Gasteiger charge is 2.35. The third-order valence-corrected chi connectivity index (χ3v) is 7.11. The fourth-order valence-electron chi connectivity index (χ4n) is 5.21. The van der Waals surface area contributed by atoms with E-state index in [9.17, 15) is 13.6 Å². The van der Waals surface area contributed by atoms with E-state index < -0.39 is 17.7 Å². The zero-order chi connectivity index (χ0) is 26.3. The van der Waals surface area contributed by atoms with Crippen LogP contribution in [0.15, 0.2) is 41.2 Å². The highest BCUT2D eigenvalue weighted by atomic mass is 19.3. The number of hydrogen-bond donors (Lipinski definition) is 0. The summed E-state index contributed by atoms with van der Waals surface area (Å²) < 4.78 is 54.7. The molecule has 9 heteroatoms. The lowest BCUT2D eigenvalue weighted by Crippen LogP contribution is -2.25. The van der Waals surface area contributed by atoms with E-state index in [4.69, 9.17) is 9.26 Å². The van der Waals surface area contributed by atoms with Gasteiger partial charge in [0.25, 0.3) is 0 Å². The number of halogens is 3. The van der Waals surface area contributed by atoms with Crippen LogP contribution < -0.4 is 0 Å². The van der Waals surface area contributed by atoms with Crippen LogP contribution >= 0.6 is 0 Å². The Morgan fingerprint density at radius 2 is 1.97 bits per heavy atom. The van der Waals surface area contributed by atoms with Crippen molar-refractivity contribution in [1.29, 1.82) is 0 Å². The lowest BCUT2D eigenvalue weighted by atomic mass is 9.83. The molecule has 3 aromatic heterocycles. The molecule has 4 aromatic rings. The summed E-state index contributed by atoms with van der Waals surface area (Å²) in [4.78, 5) is 16.7. The van der Waals surface area contributed by atoms with Gasteiger partial charge in [0, 0.05) is 41.7 Å². The van der Waals surface area contributed by atoms with Crippen LogP contribution in [0.2, 0.25) is 0 Å². The van der Waals surface area contributed by atoms with E-state index in [1.165, 1.54) is 12.1 Å². The molecule has 1 aromatic carbocycles. The fraction of sp³-hybridized carbons (Fsp3) is 0.393. The second kappa shape index (κ2) is 9.68. The molecule has 37 heavy (non-hydrogen) atoms. The van der Waals surface area contributed by atoms with Crippen LogP contribution in [0.3, 0.4) is 0 Å². The van der Waals surface area contributed by atoms with Gasteiger partial charge < -0.3 is 9.26 Å². The molecule has 1 aliphatic carbocycles. The van der Waals surface area contributed by atoms with Gasteiger partial charge in [-0.1, -0.05) is 5.16 Å². The number of carbonyl (C=O) groups excluding carboxylic acids is 1. The van der Waals surface area contributed by atoms with Crippen molar-refractivity contribution in [2.45, 2.75) is 58.8 Å². The third-order valence-electron chi connectivity index (χ3n) is 7.11. The fourth-order valence-corrected chi connectivity index (χ4v) is 5.21. The van der Waals surface area contributed by atoms with Crippen LogP contribution in [0, 0.1) is 25.6 Å². The van der Waals surface area contributed by atoms with Gasteiger partial charge in [-0.25, -0.2) is 22.9 Å². The standard InChI is InChI=1S/C28H28F3N3O3/c1-4-36-27(35)19-5-6-24(23(29)13-19)34-15-21(11-18-7-9-28(30,31)10-8-18)22-12-20(14-32-26(22)34)25-16(2)33-37-17(25)3/h5-6,12-15,18H,4,7-11H2,1-3H3. The van der Waals surface area contributed by atoms with Gasteiger partial charge in [0.05, 0.1) is 23.6 Å². The minimum atomic E-state index is -2.60. The maximum absolute atomic E-state index is 15.3. The molecule has 0 N–H and O–H groups in total. The van der Waals surface area contributed by atoms with Crippen molar-refractivity contribution in [1.82, 2.24) is 14.7 Å². The van der Waals surface area contributed by atoms with Crippen LogP contribution in [0.4, 0.5) is 13.2 Å². The molecule has 5 rings (SSSR count). The van der Waals surface area contributed by atoms with Crippen molar-refractivity contribution >= 4 is 17.0 Å². The smallest absolute Gasteiger partial charge is 0.338 e. The lowest BCUT2D eigenvalue weighted by Gasteiger charge is -2.28. The normalized spacial score (nSPS) is 15.8. The maximum atomic E-state index is 15.3. The monoisotopic (exact) mass is 511 g/mol. The Hall–Kier alpha value is -3.62. The molecule has 0 aliphatic heterocycles. The lowest BCUT2D eigenvalue weighted by molar-refractivity contribution is -0.0456. The molecule has 0 amide bonds. The van der Waals surface area contributed by atoms with E-state index >= 15 is 4.39 Å². The summed E-state index contributed by atoms with van der Waals surface area (Å²) in [7, 11) is 0. The predicted molar refractivity (Wildman–Crippen MR) is 133 cm³/mol. The first-order valence-electron chi connectivity index (χ1n) is 12.4. The highest BCUT2D eigenvalue weighted by Crippen LogP contribution is 2.39. The Kier molecular flexibility index (Phi) is 6.56. The van der Waals surface area contributed by atoms with Crippen LogP contribution in [0.1, 0.15) is 60.0 Å². The van der Waals surface area contributed by atoms with Crippen LogP contribution in [-0.2, 0) is 11.2 Å². The number of ether oxygens (including phenoxy) is 1. The molecular weight excluding hydrogens is 483 g/mol. The zero-order valence-corrected chi connectivity index (χ0v) is 21.0. The summed E-state index contributed by atoms with van der Waals surface area (Å²) in [6.07, 6.45) is 4.71. The minimum Gasteiger partial charge on any atom is -0.462 e. The number of alkyl halides is 2. The Balaban J connectivity index is 1.59. The first kappa shape index (κ1) is 25.0. The molecule has 3 heterocycles. The average Bonchev–Trinajstić information content (AvgIpc) is 3.39. The van der Waals surface area contributed by atoms with Gasteiger partial charge in [0.2, 0.25) is 5.92 Å². The quantitative estimate of drug-likeness (QED) is 0.261. The number of rotatable bonds is 6. The highest BCUT2D eigenvalue weighted by molar-refractivity contribution is 5.90. The third kappa shape index (κ3) is 4.86. The van der Waals surface area contributed by atoms with Crippen LogP contribution in [-0.4, -0.2) is 33.2 Å². The summed E-state index contributed by atoms with van der Waals surface area (Å²) in [5.74, 6) is -3.04. The SMILES string of the molecule is CCOC(=O)c1ccc(-n2cc(CC3CCC(F)(F)CC3)c3cc(-c4c(C)noc4C)cnc32)c(F)c1. The summed E-state index contributed by atoms with van der Waals surface area (Å²) in [5, 5.41) is 4.84. The molecule has 0 unspecified atom stereocenters. The van der Waals surface area contributed by atoms with Crippen LogP contribution in [0.5, 0.6) is 0 Å². The number of carbonyl (C=O) groups is 1. The molecule has 1 saturated carbocycles. The van der Waals surface area contributed by atoms with Gasteiger partial charge in [0.1, 0.15) is 17.2 Å². The minimum absolute atomic E-state index is 0.0948. The Labute approximate surface area is 212 Å². The molecule has 0 radical (unpaired) electrons. The predicted octanol–water partition coefficient (Wildman–Crippen LogP) is 6.98. The zero-order valence-electron chi connectivity index (χ0n) is 21.0. The second-order valence-electron chi connectivity index (χ2n) is 9.71. The van der Waals surface area contributed by atoms with Gasteiger partial charge in [-0.3, -0.25) is 4.57 Å². The maximum Gasteiger partial charge on any atom is 0.338 e. The molecule has 1 aliphatic rings. The number of hydrogen-bond acceptors (Lipinski definition) is 5. The summed E-state index contributed by atoms with van der Waals surface area (Å²) in [6, 6.07) is 6.17. The second-order valence-corrected chi connectivity index (χ2v) is 9.71. The molecule has 1 fully saturated rings. The summed E-state index contributed by atoms with van der Waals surface area (Å²) in [5.41, 5.74) is 4.18. The molecule has 0 saturated heterocycles. The molecule has 0 bridgehead atoms. The topological polar surface area (TPSA) is 70.2 Å². The van der Waals surface area contributed by atoms with Crippen molar-refractivity contribution in [2.75, 3.05) is 6.61 Å². The number of aryl methyl sites for hydroxylation is 2. The molecule has 6 nitrogen and oxygen atoms in total. The van der Waals surface area contributed by atoms with Crippen LogP contribution in [0.25, 0.3) is 27.8 Å². The van der Waals surface area contributed by atoms with Gasteiger partial charge in [-0.15, -0.1) is 0 Å². The van der Waals surface area contributed by atoms with Crippen molar-refractivity contribution in [3.63, 3.8) is 0 Å². The van der Waals surface area contributed by atoms with Gasteiger partial charge >= 0.3 is 5.97 Å².